The molecule has 14 heteroatoms. The van der Waals surface area contributed by atoms with Gasteiger partial charge in [0.1, 0.15) is 23.7 Å². The van der Waals surface area contributed by atoms with Gasteiger partial charge in [0, 0.05) is 18.1 Å². The summed E-state index contributed by atoms with van der Waals surface area (Å²) in [6, 6.07) is 5.57. The number of nitrogens with zero attached hydrogens (tertiary/aromatic N) is 2. The van der Waals surface area contributed by atoms with Gasteiger partial charge in [0.15, 0.2) is 0 Å². The monoisotopic (exact) mass is 616 g/mol. The molecule has 1 heterocycles. The molecule has 0 bridgehead atoms. The third-order valence-electron chi connectivity index (χ3n) is 5.21. The number of hydrogen-bond acceptors (Lipinski definition) is 12. The molecule has 2 atom stereocenters. The lowest BCUT2D eigenvalue weighted by atomic mass is 10.1. The van der Waals surface area contributed by atoms with E-state index < -0.39 is 43.9 Å². The van der Waals surface area contributed by atoms with Crippen LogP contribution in [0.2, 0.25) is 0 Å². The molecule has 1 aromatic heterocycles. The first-order valence-electron chi connectivity index (χ1n) is 13.5. The van der Waals surface area contributed by atoms with Crippen LogP contribution in [0.5, 0.6) is 5.75 Å². The smallest absolute Gasteiger partial charge is 0.497 e. The second kappa shape index (κ2) is 14.6. The van der Waals surface area contributed by atoms with E-state index in [0.29, 0.717) is 5.75 Å². The molecular formula is C28H45N2O11P. The Hall–Kier alpha value is -2.83. The lowest BCUT2D eigenvalue weighted by Crippen LogP contribution is -2.29. The Bertz CT molecular complexity index is 1200. The second-order valence-corrected chi connectivity index (χ2v) is 13.4. The van der Waals surface area contributed by atoms with Gasteiger partial charge in [-0.3, -0.25) is 4.52 Å². The minimum absolute atomic E-state index is 0.277. The topological polar surface area (TPSA) is 133 Å². The number of carbonyl (C=O) groups is 2. The number of phosphoric ester groups is 1. The molecule has 1 aromatic carbocycles. The quantitative estimate of drug-likeness (QED) is 0.139. The number of hydrogen-bond donors (Lipinski definition) is 0. The van der Waals surface area contributed by atoms with Crippen LogP contribution >= 0.6 is 7.82 Å². The van der Waals surface area contributed by atoms with Gasteiger partial charge in [-0.15, -0.1) is 0 Å². The van der Waals surface area contributed by atoms with E-state index in [1.807, 2.05) is 32.4 Å². The first-order valence-corrected chi connectivity index (χ1v) is 15.0. The molecule has 0 radical (unpaired) electrons. The summed E-state index contributed by atoms with van der Waals surface area (Å²) in [4.78, 5) is 26.4. The highest BCUT2D eigenvalue weighted by molar-refractivity contribution is 7.48. The van der Waals surface area contributed by atoms with Crippen LogP contribution < -0.4 is 4.74 Å². The standard InChI is InChI=1S/C28H45N2O11P/c1-19(36-25(31)38-27(3,4)5)40-42(33,41-20(2)37-26(32)39-28(6,7)8)35-18-30-17-21(14-15-29(9)10)23-16-22(34-11)12-13-24(23)30/h12-13,16-17,19-20H,14-15,18H2,1-11H3. The fourth-order valence-corrected chi connectivity index (χ4v) is 4.82. The van der Waals surface area contributed by atoms with E-state index in [0.717, 1.165) is 29.4 Å². The number of fused-ring (bicyclic) bond motifs is 1. The molecule has 0 saturated heterocycles. The van der Waals surface area contributed by atoms with E-state index >= 15 is 0 Å². The summed E-state index contributed by atoms with van der Waals surface area (Å²) >= 11 is 0. The summed E-state index contributed by atoms with van der Waals surface area (Å²) in [5.74, 6) is 0.686. The van der Waals surface area contributed by atoms with Crippen LogP contribution in [0.1, 0.15) is 61.0 Å². The zero-order valence-corrected chi connectivity index (χ0v) is 27.3. The number of likely N-dealkylation sites (N-methyl/N-ethyl adjacent to an activating group) is 1. The maximum Gasteiger partial charge on any atom is 0.511 e. The molecule has 0 saturated carbocycles. The fourth-order valence-electron chi connectivity index (χ4n) is 3.57. The third kappa shape index (κ3) is 12.2. The molecule has 0 N–H and O–H groups in total. The Morgan fingerprint density at radius 1 is 0.929 bits per heavy atom. The van der Waals surface area contributed by atoms with Crippen LogP contribution in [0.15, 0.2) is 24.4 Å². The summed E-state index contributed by atoms with van der Waals surface area (Å²) in [5, 5.41) is 0.930. The van der Waals surface area contributed by atoms with Gasteiger partial charge < -0.3 is 33.2 Å². The molecule has 0 aliphatic heterocycles. The number of rotatable bonds is 13. The highest BCUT2D eigenvalue weighted by atomic mass is 31.2. The van der Waals surface area contributed by atoms with Crippen molar-refractivity contribution in [2.45, 2.75) is 92.3 Å². The van der Waals surface area contributed by atoms with Crippen LogP contribution in [-0.4, -0.2) is 73.3 Å². The van der Waals surface area contributed by atoms with Crippen molar-refractivity contribution in [3.63, 3.8) is 0 Å². The SMILES string of the molecule is COc1ccc2c(c1)c(CCN(C)C)cn2COP(=O)(OC(C)OC(=O)OC(C)(C)C)OC(C)OC(=O)OC(C)(C)C. The molecule has 0 aliphatic carbocycles. The predicted octanol–water partition coefficient (Wildman–Crippen LogP) is 6.46. The molecular weight excluding hydrogens is 571 g/mol. The summed E-state index contributed by atoms with van der Waals surface area (Å²) in [6.45, 7) is 13.1. The van der Waals surface area contributed by atoms with Gasteiger partial charge in [-0.1, -0.05) is 0 Å². The Kier molecular flexibility index (Phi) is 12.3. The Morgan fingerprint density at radius 2 is 1.45 bits per heavy atom. The largest absolute Gasteiger partial charge is 0.511 e. The number of ether oxygens (including phenoxy) is 5. The highest BCUT2D eigenvalue weighted by Gasteiger charge is 2.36. The molecule has 42 heavy (non-hydrogen) atoms. The van der Waals surface area contributed by atoms with Crippen LogP contribution in [-0.2, 0) is 50.2 Å². The van der Waals surface area contributed by atoms with Crippen molar-refractivity contribution in [2.24, 2.45) is 0 Å². The summed E-state index contributed by atoms with van der Waals surface area (Å²) in [6.07, 6.45) is -2.32. The number of carbonyl (C=O) groups excluding carboxylic acids is 2. The average molecular weight is 617 g/mol. The van der Waals surface area contributed by atoms with Gasteiger partial charge in [0.05, 0.1) is 12.6 Å². The number of methoxy groups -OCH3 is 1. The number of benzene rings is 1. The van der Waals surface area contributed by atoms with Crippen molar-refractivity contribution < 1.29 is 51.4 Å². The molecule has 2 unspecified atom stereocenters. The van der Waals surface area contributed by atoms with Gasteiger partial charge >= 0.3 is 20.1 Å². The van der Waals surface area contributed by atoms with Gasteiger partial charge in [0.2, 0.25) is 12.6 Å². The number of phosphoric acid groups is 1. The maximum absolute atomic E-state index is 13.8. The third-order valence-corrected chi connectivity index (χ3v) is 6.75. The van der Waals surface area contributed by atoms with Crippen molar-refractivity contribution in [1.82, 2.24) is 9.47 Å². The lowest BCUT2D eigenvalue weighted by molar-refractivity contribution is -0.116. The first kappa shape index (κ1) is 35.4. The van der Waals surface area contributed by atoms with Crippen LogP contribution in [0.25, 0.3) is 10.9 Å². The number of aromatic nitrogens is 1. The zero-order valence-electron chi connectivity index (χ0n) is 26.4. The average Bonchev–Trinajstić information content (AvgIpc) is 3.15. The van der Waals surface area contributed by atoms with E-state index in [1.54, 1.807) is 59.3 Å². The molecule has 0 amide bonds. The molecule has 0 fully saturated rings. The molecule has 2 aromatic rings. The predicted molar refractivity (Wildman–Crippen MR) is 155 cm³/mol. The molecule has 0 spiro atoms. The van der Waals surface area contributed by atoms with E-state index in [4.69, 9.17) is 37.3 Å². The van der Waals surface area contributed by atoms with Crippen LogP contribution in [0.4, 0.5) is 9.59 Å². The van der Waals surface area contributed by atoms with E-state index in [9.17, 15) is 14.2 Å². The van der Waals surface area contributed by atoms with E-state index in [2.05, 4.69) is 4.90 Å². The maximum atomic E-state index is 13.8. The molecule has 2 rings (SSSR count). The van der Waals surface area contributed by atoms with Crippen molar-refractivity contribution in [2.75, 3.05) is 27.7 Å². The Morgan fingerprint density at radius 3 is 1.90 bits per heavy atom. The van der Waals surface area contributed by atoms with Gasteiger partial charge in [-0.05, 0) is 99.7 Å². The normalized spacial score (nSPS) is 15.1. The Balaban J connectivity index is 2.30. The minimum Gasteiger partial charge on any atom is -0.497 e. The summed E-state index contributed by atoms with van der Waals surface area (Å²) in [5.41, 5.74) is 0.144. The van der Waals surface area contributed by atoms with Crippen molar-refractivity contribution in [3.8, 4) is 5.75 Å². The minimum atomic E-state index is -4.55. The molecule has 13 nitrogen and oxygen atoms in total. The van der Waals surface area contributed by atoms with Crippen molar-refractivity contribution >= 4 is 31.0 Å². The van der Waals surface area contributed by atoms with E-state index in [1.165, 1.54) is 13.8 Å². The zero-order chi connectivity index (χ0) is 31.9. The summed E-state index contributed by atoms with van der Waals surface area (Å²) in [7, 11) is 1.01. The van der Waals surface area contributed by atoms with Crippen LogP contribution in [0, 0.1) is 0 Å². The van der Waals surface area contributed by atoms with Gasteiger partial charge in [0.25, 0.3) is 0 Å². The summed E-state index contributed by atoms with van der Waals surface area (Å²) < 4.78 is 58.0. The molecule has 0 aliphatic rings. The highest BCUT2D eigenvalue weighted by Crippen LogP contribution is 2.52. The van der Waals surface area contributed by atoms with Gasteiger partial charge in [-0.25, -0.2) is 23.2 Å². The molecule has 238 valence electrons. The van der Waals surface area contributed by atoms with E-state index in [-0.39, 0.29) is 6.73 Å². The van der Waals surface area contributed by atoms with Gasteiger partial charge in [-0.2, -0.15) is 0 Å². The van der Waals surface area contributed by atoms with Crippen molar-refractivity contribution in [3.05, 3.63) is 30.0 Å². The second-order valence-electron chi connectivity index (χ2n) is 11.8. The van der Waals surface area contributed by atoms with Crippen LogP contribution in [0.3, 0.4) is 0 Å². The fraction of sp³-hybridized carbons (Fsp3) is 0.643. The lowest BCUT2D eigenvalue weighted by Gasteiger charge is -2.26. The van der Waals surface area contributed by atoms with Crippen molar-refractivity contribution in [1.29, 1.82) is 0 Å². The Labute approximate surface area is 247 Å². The first-order chi connectivity index (χ1) is 19.3.